The maximum Gasteiger partial charge on any atom is 0.262 e. The third-order valence-electron chi connectivity index (χ3n) is 5.13. The Balaban J connectivity index is 1.32. The molecule has 2 N–H and O–H groups in total. The van der Waals surface area contributed by atoms with Gasteiger partial charge in [0.2, 0.25) is 12.3 Å². The maximum atomic E-state index is 13.0. The predicted molar refractivity (Wildman–Crippen MR) is 127 cm³/mol. The molecule has 5 rings (SSSR count). The van der Waals surface area contributed by atoms with Gasteiger partial charge in [-0.15, -0.1) is 10.2 Å². The van der Waals surface area contributed by atoms with Crippen molar-refractivity contribution in [2.75, 3.05) is 23.3 Å². The molecule has 1 aliphatic rings. The van der Waals surface area contributed by atoms with Crippen molar-refractivity contribution in [2.24, 2.45) is 0 Å². The van der Waals surface area contributed by atoms with Gasteiger partial charge in [-0.1, -0.05) is 12.1 Å². The number of hydrogen-bond acceptors (Lipinski definition) is 8. The quantitative estimate of drug-likeness (QED) is 0.413. The van der Waals surface area contributed by atoms with Crippen molar-refractivity contribution in [3.63, 3.8) is 0 Å². The number of nitrogens with one attached hydrogen (secondary N) is 2. The maximum absolute atomic E-state index is 13.0. The fraction of sp³-hybridized carbons (Fsp3) is 0.125. The van der Waals surface area contributed by atoms with Gasteiger partial charge in [0.15, 0.2) is 11.5 Å². The van der Waals surface area contributed by atoms with Gasteiger partial charge >= 0.3 is 0 Å². The van der Waals surface area contributed by atoms with Crippen molar-refractivity contribution in [2.45, 2.75) is 11.3 Å². The standard InChI is InChI=1S/C24H20N4O6S/c29-23(26-18-6-2-5-17(13-18)24-27-25-15-34-24)16-4-1-7-19(12-16)28-35(30,31)20-8-9-21-22(14-20)33-11-3-10-32-21/h1-2,4-9,12-15,28H,3,10-11H2,(H,26,29). The molecular formula is C24H20N4O6S. The smallest absolute Gasteiger partial charge is 0.262 e. The van der Waals surface area contributed by atoms with E-state index < -0.39 is 15.9 Å². The van der Waals surface area contributed by atoms with E-state index in [2.05, 4.69) is 20.2 Å². The van der Waals surface area contributed by atoms with E-state index in [1.165, 1.54) is 24.6 Å². The number of carbonyl (C=O) groups excluding carboxylic acids is 1. The van der Waals surface area contributed by atoms with Gasteiger partial charge in [0.1, 0.15) is 0 Å². The summed E-state index contributed by atoms with van der Waals surface area (Å²) >= 11 is 0. The molecule has 0 atom stereocenters. The Kier molecular flexibility index (Phi) is 6.06. The number of fused-ring (bicyclic) bond motifs is 1. The molecular weight excluding hydrogens is 472 g/mol. The second-order valence-electron chi connectivity index (χ2n) is 7.62. The van der Waals surface area contributed by atoms with Crippen molar-refractivity contribution < 1.29 is 27.1 Å². The summed E-state index contributed by atoms with van der Waals surface area (Å²) in [7, 11) is -3.93. The normalized spacial score (nSPS) is 13.0. The first-order valence-corrected chi connectivity index (χ1v) is 12.2. The van der Waals surface area contributed by atoms with Crippen LogP contribution in [0.1, 0.15) is 16.8 Å². The molecule has 1 aromatic heterocycles. The molecule has 0 fully saturated rings. The molecule has 0 radical (unpaired) electrons. The molecule has 11 heteroatoms. The molecule has 1 aliphatic heterocycles. The highest BCUT2D eigenvalue weighted by atomic mass is 32.2. The number of ether oxygens (including phenoxy) is 2. The summed E-state index contributed by atoms with van der Waals surface area (Å²) in [4.78, 5) is 12.8. The number of carbonyl (C=O) groups is 1. The van der Waals surface area contributed by atoms with Gasteiger partial charge in [0.05, 0.1) is 18.1 Å². The molecule has 35 heavy (non-hydrogen) atoms. The molecule has 10 nitrogen and oxygen atoms in total. The molecule has 2 heterocycles. The highest BCUT2D eigenvalue weighted by Gasteiger charge is 2.19. The first-order chi connectivity index (χ1) is 17.0. The average Bonchev–Trinajstić information content (AvgIpc) is 3.29. The molecule has 0 saturated carbocycles. The average molecular weight is 493 g/mol. The Labute approximate surface area is 201 Å². The van der Waals surface area contributed by atoms with Crippen LogP contribution >= 0.6 is 0 Å². The molecule has 0 bridgehead atoms. The largest absolute Gasteiger partial charge is 0.490 e. The summed E-state index contributed by atoms with van der Waals surface area (Å²) in [5.74, 6) is 0.793. The fourth-order valence-electron chi connectivity index (χ4n) is 3.48. The van der Waals surface area contributed by atoms with E-state index in [4.69, 9.17) is 13.9 Å². The molecule has 1 amide bonds. The Morgan fingerprint density at radius 1 is 0.886 bits per heavy atom. The summed E-state index contributed by atoms with van der Waals surface area (Å²) < 4.78 is 44.8. The van der Waals surface area contributed by atoms with E-state index in [0.29, 0.717) is 48.3 Å². The lowest BCUT2D eigenvalue weighted by molar-refractivity contribution is 0.102. The molecule has 0 saturated heterocycles. The monoisotopic (exact) mass is 492 g/mol. The zero-order valence-corrected chi connectivity index (χ0v) is 19.1. The highest BCUT2D eigenvalue weighted by Crippen LogP contribution is 2.32. The van der Waals surface area contributed by atoms with Crippen molar-refractivity contribution in [1.29, 1.82) is 0 Å². The van der Waals surface area contributed by atoms with Crippen LogP contribution in [0.3, 0.4) is 0 Å². The van der Waals surface area contributed by atoms with Crippen molar-refractivity contribution >= 4 is 27.3 Å². The van der Waals surface area contributed by atoms with E-state index in [1.54, 1.807) is 48.5 Å². The van der Waals surface area contributed by atoms with E-state index in [0.717, 1.165) is 0 Å². The first kappa shape index (κ1) is 22.4. The molecule has 178 valence electrons. The van der Waals surface area contributed by atoms with Crippen LogP contribution in [0.4, 0.5) is 11.4 Å². The van der Waals surface area contributed by atoms with Crippen LogP contribution in [-0.4, -0.2) is 37.7 Å². The molecule has 0 spiro atoms. The van der Waals surface area contributed by atoms with Gasteiger partial charge in [-0.05, 0) is 48.5 Å². The van der Waals surface area contributed by atoms with Gasteiger partial charge in [-0.25, -0.2) is 8.42 Å². The second-order valence-corrected chi connectivity index (χ2v) is 9.31. The lowest BCUT2D eigenvalue weighted by atomic mass is 10.1. The van der Waals surface area contributed by atoms with Crippen LogP contribution in [0.2, 0.25) is 0 Å². The van der Waals surface area contributed by atoms with E-state index in [-0.39, 0.29) is 16.1 Å². The summed E-state index contributed by atoms with van der Waals surface area (Å²) in [6.07, 6.45) is 1.94. The van der Waals surface area contributed by atoms with Crippen LogP contribution in [-0.2, 0) is 10.0 Å². The molecule has 0 aliphatic carbocycles. The molecule has 4 aromatic rings. The third kappa shape index (κ3) is 5.09. The van der Waals surface area contributed by atoms with Gasteiger partial charge in [-0.2, -0.15) is 0 Å². The number of hydrogen-bond donors (Lipinski definition) is 2. The van der Waals surface area contributed by atoms with Crippen LogP contribution < -0.4 is 19.5 Å². The Morgan fingerprint density at radius 3 is 2.51 bits per heavy atom. The SMILES string of the molecule is O=C(Nc1cccc(-c2nnco2)c1)c1cccc(NS(=O)(=O)c2ccc3c(c2)OCCCO3)c1. The number of amides is 1. The van der Waals surface area contributed by atoms with Crippen LogP contribution in [0, 0.1) is 0 Å². The third-order valence-corrected chi connectivity index (χ3v) is 6.51. The summed E-state index contributed by atoms with van der Waals surface area (Å²) in [5.41, 5.74) is 1.68. The minimum Gasteiger partial charge on any atom is -0.490 e. The lowest BCUT2D eigenvalue weighted by Gasteiger charge is -2.12. The summed E-state index contributed by atoms with van der Waals surface area (Å²) in [6.45, 7) is 0.951. The zero-order chi connectivity index (χ0) is 24.3. The number of aromatic nitrogens is 2. The zero-order valence-electron chi connectivity index (χ0n) is 18.3. The topological polar surface area (TPSA) is 133 Å². The minimum atomic E-state index is -3.93. The summed E-state index contributed by atoms with van der Waals surface area (Å²) in [5, 5.41) is 10.3. The second kappa shape index (κ2) is 9.47. The van der Waals surface area contributed by atoms with Crippen molar-refractivity contribution in [3.05, 3.63) is 78.7 Å². The first-order valence-electron chi connectivity index (χ1n) is 10.7. The Morgan fingerprint density at radius 2 is 1.69 bits per heavy atom. The van der Waals surface area contributed by atoms with Gasteiger partial charge in [-0.3, -0.25) is 9.52 Å². The van der Waals surface area contributed by atoms with Crippen LogP contribution in [0.15, 0.2) is 82.4 Å². The van der Waals surface area contributed by atoms with Crippen LogP contribution in [0.25, 0.3) is 11.5 Å². The minimum absolute atomic E-state index is 0.0226. The van der Waals surface area contributed by atoms with E-state index >= 15 is 0 Å². The van der Waals surface area contributed by atoms with E-state index in [1.807, 2.05) is 0 Å². The number of rotatable bonds is 6. The number of nitrogens with zero attached hydrogens (tertiary/aromatic N) is 2. The number of benzene rings is 3. The number of anilines is 2. The Bertz CT molecular complexity index is 1470. The van der Waals surface area contributed by atoms with Crippen LogP contribution in [0.5, 0.6) is 11.5 Å². The summed E-state index contributed by atoms with van der Waals surface area (Å²) in [6, 6.07) is 17.6. The molecule has 3 aromatic carbocycles. The highest BCUT2D eigenvalue weighted by molar-refractivity contribution is 7.92. The van der Waals surface area contributed by atoms with E-state index in [9.17, 15) is 13.2 Å². The fourth-order valence-corrected chi connectivity index (χ4v) is 4.55. The van der Waals surface area contributed by atoms with Gasteiger partial charge in [0.25, 0.3) is 15.9 Å². The number of sulfonamides is 1. The predicted octanol–water partition coefficient (Wildman–Crippen LogP) is 3.95. The van der Waals surface area contributed by atoms with Gasteiger partial charge in [0, 0.05) is 35.0 Å². The molecule has 0 unspecified atom stereocenters. The van der Waals surface area contributed by atoms with Crippen molar-refractivity contribution in [3.8, 4) is 23.0 Å². The lowest BCUT2D eigenvalue weighted by Crippen LogP contribution is -2.15. The van der Waals surface area contributed by atoms with Gasteiger partial charge < -0.3 is 19.2 Å². The Hall–Kier alpha value is -4.38. The van der Waals surface area contributed by atoms with Crippen molar-refractivity contribution in [1.82, 2.24) is 10.2 Å².